The molecule has 0 aliphatic rings. The number of rotatable bonds is 4. The molecule has 1 aromatic carbocycles. The number of nitrogens with one attached hydrogen (secondary N) is 1. The van der Waals surface area contributed by atoms with Gasteiger partial charge in [-0.25, -0.2) is 4.39 Å². The van der Waals surface area contributed by atoms with Crippen molar-refractivity contribution in [3.05, 3.63) is 34.1 Å². The molecule has 3 N–H and O–H groups in total. The van der Waals surface area contributed by atoms with Crippen molar-refractivity contribution in [1.29, 1.82) is 0 Å². The van der Waals surface area contributed by atoms with Crippen LogP contribution in [0.2, 0.25) is 0 Å². The number of halogens is 1. The second-order valence-corrected chi connectivity index (χ2v) is 3.42. The van der Waals surface area contributed by atoms with Crippen molar-refractivity contribution >= 4 is 17.3 Å². The van der Waals surface area contributed by atoms with Crippen LogP contribution in [-0.4, -0.2) is 16.9 Å². The third-order valence-corrected chi connectivity index (χ3v) is 2.19. The highest BCUT2D eigenvalue weighted by atomic mass is 19.1. The third-order valence-electron chi connectivity index (χ3n) is 2.19. The van der Waals surface area contributed by atoms with Gasteiger partial charge in [0.05, 0.1) is 11.0 Å². The van der Waals surface area contributed by atoms with Gasteiger partial charge in [0.2, 0.25) is 5.91 Å². The van der Waals surface area contributed by atoms with Crippen LogP contribution in [0.15, 0.2) is 18.2 Å². The minimum atomic E-state index is -0.780. The topological polar surface area (TPSA) is 98.3 Å². The van der Waals surface area contributed by atoms with E-state index in [0.29, 0.717) is 6.42 Å². The van der Waals surface area contributed by atoms with Gasteiger partial charge in [-0.1, -0.05) is 6.92 Å². The number of hydrogen-bond acceptors (Lipinski definition) is 4. The van der Waals surface area contributed by atoms with E-state index < -0.39 is 22.7 Å². The number of benzene rings is 1. The van der Waals surface area contributed by atoms with Crippen molar-refractivity contribution in [3.8, 4) is 0 Å². The van der Waals surface area contributed by atoms with E-state index in [1.54, 1.807) is 6.92 Å². The maximum absolute atomic E-state index is 12.9. The summed E-state index contributed by atoms with van der Waals surface area (Å²) in [4.78, 5) is 21.4. The van der Waals surface area contributed by atoms with Crippen LogP contribution in [0.3, 0.4) is 0 Å². The van der Waals surface area contributed by atoms with E-state index in [9.17, 15) is 19.3 Å². The molecule has 1 aromatic rings. The summed E-state index contributed by atoms with van der Waals surface area (Å²) >= 11 is 0. The number of nitrogens with zero attached hydrogens (tertiary/aromatic N) is 1. The minimum absolute atomic E-state index is 0.191. The average Bonchev–Trinajstić information content (AvgIpc) is 2.27. The van der Waals surface area contributed by atoms with Crippen molar-refractivity contribution in [2.24, 2.45) is 5.73 Å². The Morgan fingerprint density at radius 3 is 2.82 bits per heavy atom. The van der Waals surface area contributed by atoms with Crippen molar-refractivity contribution in [3.63, 3.8) is 0 Å². The van der Waals surface area contributed by atoms with Gasteiger partial charge in [-0.3, -0.25) is 14.9 Å². The summed E-state index contributed by atoms with van der Waals surface area (Å²) < 4.78 is 12.9. The molecular formula is C10H12FN3O3. The number of anilines is 1. The highest BCUT2D eigenvalue weighted by Crippen LogP contribution is 2.24. The van der Waals surface area contributed by atoms with Gasteiger partial charge in [0.1, 0.15) is 11.5 Å². The SMILES string of the molecule is CCC(N)C(=O)Nc1cc(F)ccc1[N+](=O)[O-]. The van der Waals surface area contributed by atoms with Crippen LogP contribution in [0.1, 0.15) is 13.3 Å². The molecule has 0 radical (unpaired) electrons. The number of nitrogens with two attached hydrogens (primary N) is 1. The fourth-order valence-electron chi connectivity index (χ4n) is 1.18. The molecular weight excluding hydrogens is 229 g/mol. The van der Waals surface area contributed by atoms with Crippen LogP contribution in [0.4, 0.5) is 15.8 Å². The van der Waals surface area contributed by atoms with Gasteiger partial charge >= 0.3 is 0 Å². The van der Waals surface area contributed by atoms with Gasteiger partial charge in [0.15, 0.2) is 0 Å². The lowest BCUT2D eigenvalue weighted by atomic mass is 10.2. The minimum Gasteiger partial charge on any atom is -0.320 e. The summed E-state index contributed by atoms with van der Waals surface area (Å²) in [5.74, 6) is -1.25. The molecule has 1 atom stereocenters. The molecule has 0 saturated carbocycles. The van der Waals surface area contributed by atoms with Crippen molar-refractivity contribution in [1.82, 2.24) is 0 Å². The molecule has 0 aliphatic carbocycles. The first-order chi connectivity index (χ1) is 7.95. The van der Waals surface area contributed by atoms with Crippen molar-refractivity contribution in [2.75, 3.05) is 5.32 Å². The predicted octanol–water partition coefficient (Wildman–Crippen LogP) is 1.41. The van der Waals surface area contributed by atoms with Gasteiger partial charge in [0.25, 0.3) is 5.69 Å². The highest BCUT2D eigenvalue weighted by Gasteiger charge is 2.19. The Kier molecular flexibility index (Phi) is 4.11. The van der Waals surface area contributed by atoms with Crippen LogP contribution < -0.4 is 11.1 Å². The van der Waals surface area contributed by atoms with Crippen LogP contribution in [0, 0.1) is 15.9 Å². The van der Waals surface area contributed by atoms with Crippen LogP contribution in [0.25, 0.3) is 0 Å². The summed E-state index contributed by atoms with van der Waals surface area (Å²) in [7, 11) is 0. The number of carbonyl (C=O) groups excluding carboxylic acids is 1. The third kappa shape index (κ3) is 3.22. The fraction of sp³-hybridized carbons (Fsp3) is 0.300. The van der Waals surface area contributed by atoms with Crippen molar-refractivity contribution in [2.45, 2.75) is 19.4 Å². The first kappa shape index (κ1) is 13.0. The second-order valence-electron chi connectivity index (χ2n) is 3.42. The van der Waals surface area contributed by atoms with Gasteiger partial charge in [-0.05, 0) is 12.5 Å². The Morgan fingerprint density at radius 2 is 2.29 bits per heavy atom. The van der Waals surface area contributed by atoms with Crippen LogP contribution in [-0.2, 0) is 4.79 Å². The molecule has 6 nitrogen and oxygen atoms in total. The normalized spacial score (nSPS) is 11.9. The Bertz CT molecular complexity index is 450. The van der Waals surface area contributed by atoms with Gasteiger partial charge in [-0.2, -0.15) is 0 Å². The quantitative estimate of drug-likeness (QED) is 0.615. The van der Waals surface area contributed by atoms with Gasteiger partial charge in [-0.15, -0.1) is 0 Å². The highest BCUT2D eigenvalue weighted by molar-refractivity contribution is 5.96. The number of nitro groups is 1. The van der Waals surface area contributed by atoms with E-state index in [1.165, 1.54) is 0 Å². The molecule has 0 heterocycles. The fourth-order valence-corrected chi connectivity index (χ4v) is 1.18. The maximum atomic E-state index is 12.9. The first-order valence-electron chi connectivity index (χ1n) is 4.96. The first-order valence-corrected chi connectivity index (χ1v) is 4.96. The molecule has 1 rings (SSSR count). The molecule has 0 aromatic heterocycles. The van der Waals surface area contributed by atoms with E-state index >= 15 is 0 Å². The molecule has 7 heteroatoms. The zero-order valence-corrected chi connectivity index (χ0v) is 9.14. The summed E-state index contributed by atoms with van der Waals surface area (Å²) in [6.45, 7) is 1.70. The zero-order chi connectivity index (χ0) is 13.0. The second kappa shape index (κ2) is 5.35. The van der Waals surface area contributed by atoms with E-state index in [-0.39, 0.29) is 11.4 Å². The predicted molar refractivity (Wildman–Crippen MR) is 60.0 cm³/mol. The Hall–Kier alpha value is -2.02. The number of carbonyl (C=O) groups is 1. The lowest BCUT2D eigenvalue weighted by Crippen LogP contribution is -2.35. The molecule has 1 unspecified atom stereocenters. The van der Waals surface area contributed by atoms with Gasteiger partial charge < -0.3 is 11.1 Å². The average molecular weight is 241 g/mol. The Labute approximate surface area is 96.8 Å². The standard InChI is InChI=1S/C10H12FN3O3/c1-2-7(12)10(15)13-8-5-6(11)3-4-9(8)14(16)17/h3-5,7H,2,12H2,1H3,(H,13,15). The summed E-state index contributed by atoms with van der Waals surface area (Å²) in [6, 6.07) is 2.05. The monoisotopic (exact) mass is 241 g/mol. The lowest BCUT2D eigenvalue weighted by Gasteiger charge is -2.10. The summed E-state index contributed by atoms with van der Waals surface area (Å²) in [5.41, 5.74) is 4.89. The van der Waals surface area contributed by atoms with E-state index in [1.807, 2.05) is 0 Å². The van der Waals surface area contributed by atoms with E-state index in [4.69, 9.17) is 5.73 Å². The van der Waals surface area contributed by atoms with Crippen LogP contribution in [0.5, 0.6) is 0 Å². The molecule has 1 amide bonds. The number of amides is 1. The lowest BCUT2D eigenvalue weighted by molar-refractivity contribution is -0.384. The number of hydrogen-bond donors (Lipinski definition) is 2. The maximum Gasteiger partial charge on any atom is 0.292 e. The smallest absolute Gasteiger partial charge is 0.292 e. The molecule has 92 valence electrons. The van der Waals surface area contributed by atoms with Gasteiger partial charge in [0, 0.05) is 12.1 Å². The summed E-state index contributed by atoms with van der Waals surface area (Å²) in [6.07, 6.45) is 0.384. The Balaban J connectivity index is 3.00. The molecule has 0 aliphatic heterocycles. The zero-order valence-electron chi connectivity index (χ0n) is 9.14. The molecule has 0 spiro atoms. The number of nitro benzene ring substituents is 1. The van der Waals surface area contributed by atoms with E-state index in [0.717, 1.165) is 18.2 Å². The van der Waals surface area contributed by atoms with Crippen LogP contribution >= 0.6 is 0 Å². The summed E-state index contributed by atoms with van der Waals surface area (Å²) in [5, 5.41) is 12.9. The molecule has 0 bridgehead atoms. The molecule has 17 heavy (non-hydrogen) atoms. The molecule has 0 fully saturated rings. The van der Waals surface area contributed by atoms with E-state index in [2.05, 4.69) is 5.32 Å². The van der Waals surface area contributed by atoms with Crippen molar-refractivity contribution < 1.29 is 14.1 Å². The Morgan fingerprint density at radius 1 is 1.65 bits per heavy atom. The molecule has 0 saturated heterocycles. The largest absolute Gasteiger partial charge is 0.320 e.